The summed E-state index contributed by atoms with van der Waals surface area (Å²) in [5.41, 5.74) is 2.58. The highest BCUT2D eigenvalue weighted by atomic mass is 32.1. The third kappa shape index (κ3) is 3.48. The zero-order valence-electron chi connectivity index (χ0n) is 14.2. The molecule has 0 saturated heterocycles. The number of rotatable bonds is 6. The Kier molecular flexibility index (Phi) is 4.71. The van der Waals surface area contributed by atoms with Crippen LogP contribution in [0.15, 0.2) is 40.8 Å². The lowest BCUT2D eigenvalue weighted by molar-refractivity contribution is -0.121. The molecule has 0 aliphatic heterocycles. The average Bonchev–Trinajstić information content (AvgIpc) is 3.30. The number of carbonyl (C=O) groups is 1. The zero-order valence-corrected chi connectivity index (χ0v) is 15.1. The van der Waals surface area contributed by atoms with Crippen LogP contribution in [0.5, 0.6) is 5.75 Å². The van der Waals surface area contributed by atoms with Gasteiger partial charge in [0.05, 0.1) is 18.3 Å². The molecule has 0 spiro atoms. The first-order chi connectivity index (χ1) is 12.7. The number of hydrogen-bond acceptors (Lipinski definition) is 5. The van der Waals surface area contributed by atoms with Crippen molar-refractivity contribution in [2.24, 2.45) is 0 Å². The molecule has 0 unspecified atom stereocenters. The lowest BCUT2D eigenvalue weighted by Crippen LogP contribution is -2.34. The summed E-state index contributed by atoms with van der Waals surface area (Å²) in [4.78, 5) is 29.2. The van der Waals surface area contributed by atoms with Crippen LogP contribution in [0.3, 0.4) is 0 Å². The van der Waals surface area contributed by atoms with E-state index in [1.807, 2.05) is 11.4 Å². The molecule has 26 heavy (non-hydrogen) atoms. The Morgan fingerprint density at radius 3 is 3.08 bits per heavy atom. The fraction of sp³-hybridized carbons (Fsp3) is 0.316. The van der Waals surface area contributed by atoms with E-state index in [0.717, 1.165) is 18.6 Å². The summed E-state index contributed by atoms with van der Waals surface area (Å²) in [5, 5.41) is 5.14. The average molecular weight is 369 g/mol. The zero-order chi connectivity index (χ0) is 17.9. The molecule has 1 aliphatic carbocycles. The summed E-state index contributed by atoms with van der Waals surface area (Å²) < 4.78 is 7.03. The van der Waals surface area contributed by atoms with Crippen LogP contribution in [0.25, 0.3) is 10.2 Å². The fourth-order valence-electron chi connectivity index (χ4n) is 3.21. The van der Waals surface area contributed by atoms with Crippen LogP contribution < -0.4 is 15.6 Å². The van der Waals surface area contributed by atoms with Gasteiger partial charge in [-0.15, -0.1) is 11.3 Å². The first-order valence-corrected chi connectivity index (χ1v) is 9.52. The molecule has 3 aromatic rings. The van der Waals surface area contributed by atoms with Crippen LogP contribution in [0, 0.1) is 0 Å². The molecule has 1 amide bonds. The maximum atomic E-state index is 12.3. The molecule has 4 rings (SSSR count). The third-order valence-electron chi connectivity index (χ3n) is 4.53. The molecule has 1 aliphatic rings. The van der Waals surface area contributed by atoms with Crippen LogP contribution in [-0.2, 0) is 24.2 Å². The highest BCUT2D eigenvalue weighted by molar-refractivity contribution is 7.16. The largest absolute Gasteiger partial charge is 0.492 e. The van der Waals surface area contributed by atoms with Gasteiger partial charge in [0.25, 0.3) is 5.56 Å². The van der Waals surface area contributed by atoms with Crippen molar-refractivity contribution in [1.29, 1.82) is 0 Å². The fourth-order valence-corrected chi connectivity index (χ4v) is 3.94. The topological polar surface area (TPSA) is 73.2 Å². The van der Waals surface area contributed by atoms with E-state index in [4.69, 9.17) is 4.74 Å². The SMILES string of the molecule is O=C(Cn1cnc2sccc2c1=O)NCCOc1ccc2c(c1)CCC2. The molecule has 1 aromatic carbocycles. The summed E-state index contributed by atoms with van der Waals surface area (Å²) in [7, 11) is 0. The van der Waals surface area contributed by atoms with Crippen LogP contribution in [0.1, 0.15) is 17.5 Å². The Morgan fingerprint density at radius 2 is 2.15 bits per heavy atom. The number of ether oxygens (including phenoxy) is 1. The van der Waals surface area contributed by atoms with Crippen LogP contribution in [0.2, 0.25) is 0 Å². The predicted octanol–water partition coefficient (Wildman–Crippen LogP) is 2.14. The summed E-state index contributed by atoms with van der Waals surface area (Å²) in [6.45, 7) is 0.733. The molecule has 2 heterocycles. The minimum atomic E-state index is -0.235. The molecule has 6 nitrogen and oxygen atoms in total. The first-order valence-electron chi connectivity index (χ1n) is 8.64. The van der Waals surface area contributed by atoms with Crippen molar-refractivity contribution in [3.63, 3.8) is 0 Å². The lowest BCUT2D eigenvalue weighted by atomic mass is 10.1. The summed E-state index contributed by atoms with van der Waals surface area (Å²) in [6, 6.07) is 7.92. The maximum absolute atomic E-state index is 12.3. The van der Waals surface area contributed by atoms with Crippen molar-refractivity contribution < 1.29 is 9.53 Å². The second kappa shape index (κ2) is 7.29. The monoisotopic (exact) mass is 369 g/mol. The molecular weight excluding hydrogens is 350 g/mol. The van der Waals surface area contributed by atoms with Crippen molar-refractivity contribution in [3.8, 4) is 5.75 Å². The van der Waals surface area contributed by atoms with E-state index in [-0.39, 0.29) is 18.0 Å². The number of nitrogens with zero attached hydrogens (tertiary/aromatic N) is 2. The molecule has 0 atom stereocenters. The summed E-state index contributed by atoms with van der Waals surface area (Å²) in [5.74, 6) is 0.601. The molecule has 7 heteroatoms. The molecule has 1 N–H and O–H groups in total. The van der Waals surface area contributed by atoms with E-state index in [1.165, 1.54) is 39.8 Å². The van der Waals surface area contributed by atoms with Crippen LogP contribution >= 0.6 is 11.3 Å². The molecule has 0 fully saturated rings. The standard InChI is InChI=1S/C19H19N3O3S/c23-17(11-22-12-21-18-16(19(22)24)6-9-26-18)20-7-8-25-15-5-4-13-2-1-3-14(13)10-15/h4-6,9-10,12H,1-3,7-8,11H2,(H,20,23). The number of carbonyl (C=O) groups excluding carboxylic acids is 1. The van der Waals surface area contributed by atoms with Gasteiger partial charge in [-0.1, -0.05) is 6.07 Å². The second-order valence-corrected chi connectivity index (χ2v) is 7.19. The van der Waals surface area contributed by atoms with Crippen molar-refractivity contribution in [1.82, 2.24) is 14.9 Å². The van der Waals surface area contributed by atoms with E-state index in [2.05, 4.69) is 22.4 Å². The van der Waals surface area contributed by atoms with Gasteiger partial charge in [-0.3, -0.25) is 14.2 Å². The minimum absolute atomic E-state index is 0.0452. The van der Waals surface area contributed by atoms with E-state index >= 15 is 0 Å². The molecule has 134 valence electrons. The normalized spacial score (nSPS) is 12.9. The predicted molar refractivity (Wildman–Crippen MR) is 101 cm³/mol. The van der Waals surface area contributed by atoms with Crippen molar-refractivity contribution in [3.05, 3.63) is 57.5 Å². The number of thiophene rings is 1. The Morgan fingerprint density at radius 1 is 1.27 bits per heavy atom. The number of fused-ring (bicyclic) bond motifs is 2. The molecule has 0 saturated carbocycles. The van der Waals surface area contributed by atoms with E-state index < -0.39 is 0 Å². The lowest BCUT2D eigenvalue weighted by Gasteiger charge is -2.10. The van der Waals surface area contributed by atoms with Gasteiger partial charge in [-0.05, 0) is 54.0 Å². The van der Waals surface area contributed by atoms with Gasteiger partial charge in [0.1, 0.15) is 23.7 Å². The van der Waals surface area contributed by atoms with E-state index in [1.54, 1.807) is 6.07 Å². The number of aryl methyl sites for hydroxylation is 2. The van der Waals surface area contributed by atoms with Gasteiger partial charge in [0.15, 0.2) is 0 Å². The van der Waals surface area contributed by atoms with Crippen molar-refractivity contribution in [2.45, 2.75) is 25.8 Å². The number of benzene rings is 1. The van der Waals surface area contributed by atoms with Gasteiger partial charge < -0.3 is 10.1 Å². The number of amides is 1. The van der Waals surface area contributed by atoms with Gasteiger partial charge >= 0.3 is 0 Å². The van der Waals surface area contributed by atoms with Gasteiger partial charge in [-0.2, -0.15) is 0 Å². The van der Waals surface area contributed by atoms with E-state index in [9.17, 15) is 9.59 Å². The minimum Gasteiger partial charge on any atom is -0.492 e. The van der Waals surface area contributed by atoms with Gasteiger partial charge in [0, 0.05) is 0 Å². The van der Waals surface area contributed by atoms with Crippen molar-refractivity contribution >= 4 is 27.5 Å². The smallest absolute Gasteiger partial charge is 0.262 e. The van der Waals surface area contributed by atoms with Crippen LogP contribution in [0.4, 0.5) is 0 Å². The highest BCUT2D eigenvalue weighted by Crippen LogP contribution is 2.25. The second-order valence-electron chi connectivity index (χ2n) is 6.30. The highest BCUT2D eigenvalue weighted by Gasteiger charge is 2.11. The Bertz CT molecular complexity index is 1010. The molecule has 0 radical (unpaired) electrons. The van der Waals surface area contributed by atoms with Gasteiger partial charge in [0.2, 0.25) is 5.91 Å². The Balaban J connectivity index is 1.27. The molecule has 0 bridgehead atoms. The quantitative estimate of drug-likeness (QED) is 0.676. The molecular formula is C19H19N3O3S. The van der Waals surface area contributed by atoms with Crippen molar-refractivity contribution in [2.75, 3.05) is 13.2 Å². The number of aromatic nitrogens is 2. The van der Waals surface area contributed by atoms with Crippen LogP contribution in [-0.4, -0.2) is 28.6 Å². The number of hydrogen-bond donors (Lipinski definition) is 1. The summed E-state index contributed by atoms with van der Waals surface area (Å²) in [6.07, 6.45) is 4.89. The maximum Gasteiger partial charge on any atom is 0.262 e. The van der Waals surface area contributed by atoms with E-state index in [0.29, 0.717) is 23.4 Å². The first kappa shape index (κ1) is 16.8. The summed E-state index contributed by atoms with van der Waals surface area (Å²) >= 11 is 1.41. The third-order valence-corrected chi connectivity index (χ3v) is 5.35. The van der Waals surface area contributed by atoms with Gasteiger partial charge in [-0.25, -0.2) is 4.98 Å². The Hall–Kier alpha value is -2.67. The Labute approximate surface area is 154 Å². The number of nitrogens with one attached hydrogen (secondary N) is 1. The molecule has 2 aromatic heterocycles.